The molecule has 4 aromatic carbocycles. The lowest BCUT2D eigenvalue weighted by atomic mass is 10.0. The van der Waals surface area contributed by atoms with Gasteiger partial charge in [-0.25, -0.2) is 4.79 Å². The molecule has 5 rings (SSSR count). The summed E-state index contributed by atoms with van der Waals surface area (Å²) < 4.78 is 0. The number of hydrogen-bond donors (Lipinski definition) is 3. The summed E-state index contributed by atoms with van der Waals surface area (Å²) in [6.07, 6.45) is 0. The summed E-state index contributed by atoms with van der Waals surface area (Å²) in [5.74, 6) is -1.35. The van der Waals surface area contributed by atoms with Crippen molar-refractivity contribution in [3.05, 3.63) is 107 Å². The number of hydrazone groups is 1. The van der Waals surface area contributed by atoms with E-state index in [0.29, 0.717) is 22.4 Å². The quantitative estimate of drug-likeness (QED) is 0.246. The van der Waals surface area contributed by atoms with Gasteiger partial charge in [0.1, 0.15) is 5.75 Å². The number of nitrogens with zero attached hydrogens (tertiary/aromatic N) is 2. The van der Waals surface area contributed by atoms with E-state index in [4.69, 9.17) is 5.11 Å². The molecule has 0 unspecified atom stereocenters. The number of carboxylic acid groups (broad SMARTS) is 1. The first kappa shape index (κ1) is 22.9. The zero-order chi connectivity index (χ0) is 25.4. The van der Waals surface area contributed by atoms with Crippen LogP contribution in [0.5, 0.6) is 5.75 Å². The number of nitrogens with one attached hydrogen (secondary N) is 1. The molecule has 7 nitrogen and oxygen atoms in total. The molecule has 0 radical (unpaired) electrons. The van der Waals surface area contributed by atoms with Crippen LogP contribution in [0.4, 0.5) is 17.1 Å². The number of phenolic OH excluding ortho intramolecular Hbond substituents is 1. The van der Waals surface area contributed by atoms with E-state index in [-0.39, 0.29) is 22.9 Å². The number of carbonyl (C=O) groups is 2. The molecule has 0 fully saturated rings. The molecule has 1 heterocycles. The predicted octanol–water partition coefficient (Wildman–Crippen LogP) is 5.87. The minimum absolute atomic E-state index is 0.0605. The number of amides is 1. The second-order valence-corrected chi connectivity index (χ2v) is 8.58. The summed E-state index contributed by atoms with van der Waals surface area (Å²) in [5, 5.41) is 24.4. The maximum absolute atomic E-state index is 13.5. The monoisotopic (exact) mass is 477 g/mol. The molecule has 1 aliphatic rings. The number of fused-ring (bicyclic) bond motifs is 1. The molecule has 36 heavy (non-hydrogen) atoms. The normalized spacial score (nSPS) is 13.7. The van der Waals surface area contributed by atoms with Gasteiger partial charge in [0.2, 0.25) is 0 Å². The fourth-order valence-electron chi connectivity index (χ4n) is 4.20. The van der Waals surface area contributed by atoms with E-state index in [9.17, 15) is 14.7 Å². The molecule has 4 aromatic rings. The summed E-state index contributed by atoms with van der Waals surface area (Å²) in [5.41, 5.74) is 9.13. The lowest BCUT2D eigenvalue weighted by Crippen LogP contribution is -2.26. The number of benzene rings is 4. The molecule has 7 heteroatoms. The number of phenols is 1. The first-order valence-corrected chi connectivity index (χ1v) is 11.4. The van der Waals surface area contributed by atoms with Crippen molar-refractivity contribution in [2.75, 3.05) is 10.3 Å². The number of rotatable bonds is 5. The van der Waals surface area contributed by atoms with Crippen molar-refractivity contribution in [3.8, 4) is 16.9 Å². The lowest BCUT2D eigenvalue weighted by molar-refractivity contribution is -0.111. The molecule has 0 aromatic heterocycles. The Morgan fingerprint density at radius 2 is 1.58 bits per heavy atom. The highest BCUT2D eigenvalue weighted by Gasteiger charge is 2.35. The molecule has 0 aliphatic carbocycles. The molecule has 1 amide bonds. The Balaban J connectivity index is 1.49. The van der Waals surface area contributed by atoms with Crippen molar-refractivity contribution in [1.82, 2.24) is 0 Å². The lowest BCUT2D eigenvalue weighted by Gasteiger charge is -2.18. The fourth-order valence-corrected chi connectivity index (χ4v) is 4.20. The Morgan fingerprint density at radius 3 is 2.31 bits per heavy atom. The number of aromatic carboxylic acids is 1. The van der Waals surface area contributed by atoms with Gasteiger partial charge in [0.05, 0.1) is 16.9 Å². The third-order valence-corrected chi connectivity index (χ3v) is 6.32. The second-order valence-electron chi connectivity index (χ2n) is 8.58. The SMILES string of the molecule is Cc1ccc(N2C(=O)/C(=N\Nc3cccc(-c4ccc(C(=O)O)cc4)c3O)c3ccccc32)cc1C. The maximum Gasteiger partial charge on any atom is 0.335 e. The number of para-hydroxylation sites is 2. The van der Waals surface area contributed by atoms with Gasteiger partial charge in [-0.05, 0) is 66.9 Å². The molecular formula is C29H23N3O4. The minimum atomic E-state index is -1.02. The van der Waals surface area contributed by atoms with Gasteiger partial charge in [-0.2, -0.15) is 5.10 Å². The van der Waals surface area contributed by atoms with E-state index in [1.165, 1.54) is 12.1 Å². The minimum Gasteiger partial charge on any atom is -0.505 e. The molecule has 3 N–H and O–H groups in total. The Bertz CT molecular complexity index is 1540. The Hall–Kier alpha value is -4.91. The predicted molar refractivity (Wildman–Crippen MR) is 140 cm³/mol. The molecule has 0 bridgehead atoms. The van der Waals surface area contributed by atoms with E-state index in [1.54, 1.807) is 35.2 Å². The van der Waals surface area contributed by atoms with Gasteiger partial charge in [-0.3, -0.25) is 15.1 Å². The van der Waals surface area contributed by atoms with Crippen molar-refractivity contribution in [2.45, 2.75) is 13.8 Å². The third kappa shape index (κ3) is 3.96. The first-order chi connectivity index (χ1) is 17.3. The highest BCUT2D eigenvalue weighted by Crippen LogP contribution is 2.38. The molecule has 0 saturated heterocycles. The van der Waals surface area contributed by atoms with E-state index in [0.717, 1.165) is 22.5 Å². The van der Waals surface area contributed by atoms with Gasteiger partial charge in [0.25, 0.3) is 5.91 Å². The molecule has 1 aliphatic heterocycles. The number of aromatic hydroxyl groups is 1. The van der Waals surface area contributed by atoms with Crippen molar-refractivity contribution in [3.63, 3.8) is 0 Å². The van der Waals surface area contributed by atoms with Crippen LogP contribution in [-0.2, 0) is 4.79 Å². The zero-order valence-corrected chi connectivity index (χ0v) is 19.7. The van der Waals surface area contributed by atoms with Crippen LogP contribution < -0.4 is 10.3 Å². The van der Waals surface area contributed by atoms with E-state index >= 15 is 0 Å². The smallest absolute Gasteiger partial charge is 0.335 e. The van der Waals surface area contributed by atoms with Crippen molar-refractivity contribution < 1.29 is 19.8 Å². The largest absolute Gasteiger partial charge is 0.505 e. The zero-order valence-electron chi connectivity index (χ0n) is 19.7. The van der Waals surface area contributed by atoms with Gasteiger partial charge in [-0.1, -0.05) is 48.5 Å². The maximum atomic E-state index is 13.5. The van der Waals surface area contributed by atoms with Gasteiger partial charge in [0, 0.05) is 16.8 Å². The molecule has 0 saturated carbocycles. The average Bonchev–Trinajstić information content (AvgIpc) is 3.16. The van der Waals surface area contributed by atoms with Gasteiger partial charge in [0.15, 0.2) is 5.71 Å². The van der Waals surface area contributed by atoms with E-state index in [1.807, 2.05) is 56.3 Å². The van der Waals surface area contributed by atoms with Crippen LogP contribution in [0.25, 0.3) is 11.1 Å². The molecular weight excluding hydrogens is 454 g/mol. The Kier molecular flexibility index (Phi) is 5.74. The molecule has 178 valence electrons. The van der Waals surface area contributed by atoms with Crippen LogP contribution in [0.15, 0.2) is 90.0 Å². The number of anilines is 3. The third-order valence-electron chi connectivity index (χ3n) is 6.32. The summed E-state index contributed by atoms with van der Waals surface area (Å²) in [6.45, 7) is 4.03. The average molecular weight is 478 g/mol. The van der Waals surface area contributed by atoms with Crippen molar-refractivity contribution in [2.24, 2.45) is 5.10 Å². The Morgan fingerprint density at radius 1 is 0.861 bits per heavy atom. The fraction of sp³-hybridized carbons (Fsp3) is 0.0690. The summed E-state index contributed by atoms with van der Waals surface area (Å²) >= 11 is 0. The van der Waals surface area contributed by atoms with Gasteiger partial charge >= 0.3 is 5.97 Å². The van der Waals surface area contributed by atoms with Crippen LogP contribution in [0.1, 0.15) is 27.0 Å². The van der Waals surface area contributed by atoms with Gasteiger partial charge in [-0.15, -0.1) is 0 Å². The van der Waals surface area contributed by atoms with Crippen LogP contribution in [-0.4, -0.2) is 27.8 Å². The van der Waals surface area contributed by atoms with Gasteiger partial charge < -0.3 is 10.2 Å². The Labute approximate surface area is 208 Å². The van der Waals surface area contributed by atoms with Crippen LogP contribution in [0, 0.1) is 13.8 Å². The van der Waals surface area contributed by atoms with Crippen molar-refractivity contribution in [1.29, 1.82) is 0 Å². The highest BCUT2D eigenvalue weighted by molar-refractivity contribution is 6.55. The summed E-state index contributed by atoms with van der Waals surface area (Å²) in [6, 6.07) is 24.7. The number of carboxylic acids is 1. The molecule has 0 spiro atoms. The van der Waals surface area contributed by atoms with Crippen molar-refractivity contribution >= 4 is 34.7 Å². The summed E-state index contributed by atoms with van der Waals surface area (Å²) in [4.78, 5) is 26.3. The van der Waals surface area contributed by atoms with Crippen LogP contribution >= 0.6 is 0 Å². The standard InChI is InChI=1S/C29H23N3O4/c1-17-10-15-21(16-18(17)2)32-25-9-4-3-6-23(25)26(28(32)34)31-30-24-8-5-7-22(27(24)33)19-11-13-20(14-12-19)29(35)36/h3-16,30,33H,1-2H3,(H,35,36)/b31-26-. The number of aryl methyl sites for hydroxylation is 2. The number of hydrogen-bond acceptors (Lipinski definition) is 5. The first-order valence-electron chi connectivity index (χ1n) is 11.4. The topological polar surface area (TPSA) is 102 Å². The van der Waals surface area contributed by atoms with E-state index < -0.39 is 5.97 Å². The summed E-state index contributed by atoms with van der Waals surface area (Å²) in [7, 11) is 0. The van der Waals surface area contributed by atoms with Crippen LogP contribution in [0.3, 0.4) is 0 Å². The number of carbonyl (C=O) groups excluding carboxylic acids is 1. The highest BCUT2D eigenvalue weighted by atomic mass is 16.4. The van der Waals surface area contributed by atoms with Crippen LogP contribution in [0.2, 0.25) is 0 Å². The molecule has 0 atom stereocenters. The van der Waals surface area contributed by atoms with E-state index in [2.05, 4.69) is 10.5 Å². The second kappa shape index (κ2) is 9.03.